The van der Waals surface area contributed by atoms with Crippen LogP contribution in [0.1, 0.15) is 11.1 Å². The molecule has 0 spiro atoms. The zero-order valence-corrected chi connectivity index (χ0v) is 14.8. The number of hydrogen-bond acceptors (Lipinski definition) is 5. The molecule has 0 saturated heterocycles. The Labute approximate surface area is 154 Å². The van der Waals surface area contributed by atoms with Crippen LogP contribution in [0.4, 0.5) is 4.39 Å². The van der Waals surface area contributed by atoms with Gasteiger partial charge in [-0.2, -0.15) is 0 Å². The van der Waals surface area contributed by atoms with Crippen molar-refractivity contribution in [2.75, 3.05) is 12.3 Å². The van der Waals surface area contributed by atoms with Gasteiger partial charge in [0.25, 0.3) is 0 Å². The van der Waals surface area contributed by atoms with Gasteiger partial charge in [-0.15, -0.1) is 5.10 Å². The van der Waals surface area contributed by atoms with Crippen molar-refractivity contribution >= 4 is 17.7 Å². The first-order valence-electron chi connectivity index (χ1n) is 8.15. The van der Waals surface area contributed by atoms with E-state index in [4.69, 9.17) is 0 Å². The summed E-state index contributed by atoms with van der Waals surface area (Å²) in [4.78, 5) is 12.0. The Balaban J connectivity index is 1.43. The van der Waals surface area contributed by atoms with E-state index in [0.29, 0.717) is 24.7 Å². The van der Waals surface area contributed by atoms with Crippen molar-refractivity contribution in [2.45, 2.75) is 18.1 Å². The monoisotopic (exact) mass is 371 g/mol. The van der Waals surface area contributed by atoms with E-state index in [0.717, 1.165) is 11.1 Å². The van der Waals surface area contributed by atoms with E-state index in [1.54, 1.807) is 16.8 Å². The molecule has 8 heteroatoms. The quantitative estimate of drug-likeness (QED) is 0.615. The smallest absolute Gasteiger partial charge is 0.230 e. The van der Waals surface area contributed by atoms with Crippen LogP contribution in [-0.2, 0) is 17.8 Å². The number of halogens is 1. The molecule has 0 aliphatic rings. The molecule has 0 atom stereocenters. The summed E-state index contributed by atoms with van der Waals surface area (Å²) < 4.78 is 14.5. The van der Waals surface area contributed by atoms with Crippen molar-refractivity contribution in [2.24, 2.45) is 0 Å². The lowest BCUT2D eigenvalue weighted by Crippen LogP contribution is -2.27. The van der Waals surface area contributed by atoms with Crippen LogP contribution in [-0.4, -0.2) is 38.4 Å². The number of carbonyl (C=O) groups is 1. The molecule has 1 aromatic heterocycles. The summed E-state index contributed by atoms with van der Waals surface area (Å²) in [5.41, 5.74) is 2.07. The zero-order chi connectivity index (χ0) is 18.2. The molecule has 1 amide bonds. The third-order valence-corrected chi connectivity index (χ3v) is 4.61. The number of nitrogens with one attached hydrogen (secondary N) is 1. The molecule has 0 bridgehead atoms. The number of rotatable bonds is 8. The maximum Gasteiger partial charge on any atom is 0.230 e. The van der Waals surface area contributed by atoms with Gasteiger partial charge in [0, 0.05) is 6.54 Å². The van der Waals surface area contributed by atoms with Gasteiger partial charge in [0.05, 0.1) is 12.3 Å². The van der Waals surface area contributed by atoms with Crippen LogP contribution < -0.4 is 5.32 Å². The third-order valence-electron chi connectivity index (χ3n) is 3.66. The highest BCUT2D eigenvalue weighted by Gasteiger charge is 2.10. The molecule has 6 nitrogen and oxygen atoms in total. The van der Waals surface area contributed by atoms with Gasteiger partial charge in [-0.25, -0.2) is 9.07 Å². The Morgan fingerprint density at radius 1 is 1.08 bits per heavy atom. The van der Waals surface area contributed by atoms with Crippen molar-refractivity contribution < 1.29 is 9.18 Å². The molecule has 3 rings (SSSR count). The second kappa shape index (κ2) is 9.10. The Kier molecular flexibility index (Phi) is 6.32. The maximum atomic E-state index is 12.9. The molecule has 0 aliphatic heterocycles. The van der Waals surface area contributed by atoms with Gasteiger partial charge in [-0.1, -0.05) is 54.2 Å². The van der Waals surface area contributed by atoms with Crippen LogP contribution in [0, 0.1) is 5.82 Å². The van der Waals surface area contributed by atoms with Gasteiger partial charge in [0.1, 0.15) is 5.82 Å². The molecular formula is C18H18FN5OS. The van der Waals surface area contributed by atoms with Crippen LogP contribution in [0.3, 0.4) is 0 Å². The lowest BCUT2D eigenvalue weighted by atomic mass is 10.1. The number of thioether (sulfide) groups is 1. The first-order valence-corrected chi connectivity index (χ1v) is 9.13. The molecular weight excluding hydrogens is 353 g/mol. The first-order chi connectivity index (χ1) is 12.7. The van der Waals surface area contributed by atoms with Crippen molar-refractivity contribution in [3.05, 3.63) is 71.5 Å². The molecule has 0 unspecified atom stereocenters. The number of aromatic nitrogens is 4. The predicted octanol–water partition coefficient (Wildman–Crippen LogP) is 2.31. The first kappa shape index (κ1) is 18.1. The van der Waals surface area contributed by atoms with Crippen LogP contribution in [0.25, 0.3) is 0 Å². The molecule has 0 radical (unpaired) electrons. The minimum absolute atomic E-state index is 0.0913. The summed E-state index contributed by atoms with van der Waals surface area (Å²) in [6.45, 7) is 1.06. The molecule has 1 N–H and O–H groups in total. The lowest BCUT2D eigenvalue weighted by molar-refractivity contribution is -0.118. The molecule has 0 aliphatic carbocycles. The van der Waals surface area contributed by atoms with Gasteiger partial charge in [-0.05, 0) is 40.1 Å². The number of nitrogens with zero attached hydrogens (tertiary/aromatic N) is 4. The molecule has 134 valence electrons. The predicted molar refractivity (Wildman–Crippen MR) is 97.2 cm³/mol. The third kappa shape index (κ3) is 5.38. The molecule has 0 fully saturated rings. The molecule has 26 heavy (non-hydrogen) atoms. The highest BCUT2D eigenvalue weighted by Crippen LogP contribution is 2.14. The Bertz CT molecular complexity index is 838. The van der Waals surface area contributed by atoms with E-state index >= 15 is 0 Å². The van der Waals surface area contributed by atoms with Gasteiger partial charge in [0.15, 0.2) is 0 Å². The summed E-state index contributed by atoms with van der Waals surface area (Å²) >= 11 is 1.29. The highest BCUT2D eigenvalue weighted by molar-refractivity contribution is 7.99. The number of carbonyl (C=O) groups excluding carboxylic acids is 1. The Hall–Kier alpha value is -2.74. The topological polar surface area (TPSA) is 72.7 Å². The molecule has 0 saturated carbocycles. The summed E-state index contributed by atoms with van der Waals surface area (Å²) in [7, 11) is 0. The van der Waals surface area contributed by atoms with Crippen molar-refractivity contribution in [3.8, 4) is 0 Å². The fourth-order valence-corrected chi connectivity index (χ4v) is 3.04. The van der Waals surface area contributed by atoms with Gasteiger partial charge >= 0.3 is 0 Å². The van der Waals surface area contributed by atoms with E-state index in [2.05, 4.69) is 20.8 Å². The van der Waals surface area contributed by atoms with Crippen molar-refractivity contribution in [1.82, 2.24) is 25.5 Å². The largest absolute Gasteiger partial charge is 0.355 e. The minimum Gasteiger partial charge on any atom is -0.355 e. The maximum absolute atomic E-state index is 12.9. The van der Waals surface area contributed by atoms with E-state index in [1.165, 1.54) is 23.9 Å². The van der Waals surface area contributed by atoms with E-state index in [9.17, 15) is 9.18 Å². The minimum atomic E-state index is -0.262. The fraction of sp³-hybridized carbons (Fsp3) is 0.222. The standard InChI is InChI=1S/C18H18FN5OS/c19-16-8-6-14(7-9-16)10-11-20-17(25)13-26-18-21-22-23-24(18)12-15-4-2-1-3-5-15/h1-9H,10-13H2,(H,20,25). The van der Waals surface area contributed by atoms with Crippen LogP contribution in [0.15, 0.2) is 59.8 Å². The second-order valence-electron chi connectivity index (χ2n) is 5.62. The Morgan fingerprint density at radius 2 is 1.85 bits per heavy atom. The average molecular weight is 371 g/mol. The normalized spacial score (nSPS) is 10.7. The Morgan fingerprint density at radius 3 is 2.62 bits per heavy atom. The number of benzene rings is 2. The molecule has 2 aromatic carbocycles. The van der Waals surface area contributed by atoms with E-state index in [-0.39, 0.29) is 17.5 Å². The van der Waals surface area contributed by atoms with Crippen LogP contribution in [0.5, 0.6) is 0 Å². The average Bonchev–Trinajstić information content (AvgIpc) is 3.09. The molecule has 1 heterocycles. The summed E-state index contributed by atoms with van der Waals surface area (Å²) in [5, 5.41) is 15.1. The SMILES string of the molecule is O=C(CSc1nnnn1Cc1ccccc1)NCCc1ccc(F)cc1. The van der Waals surface area contributed by atoms with Crippen LogP contribution >= 0.6 is 11.8 Å². The number of hydrogen-bond donors (Lipinski definition) is 1. The van der Waals surface area contributed by atoms with E-state index in [1.807, 2.05) is 30.3 Å². The van der Waals surface area contributed by atoms with Crippen molar-refractivity contribution in [3.63, 3.8) is 0 Å². The highest BCUT2D eigenvalue weighted by atomic mass is 32.2. The fourth-order valence-electron chi connectivity index (χ4n) is 2.33. The lowest BCUT2D eigenvalue weighted by Gasteiger charge is -2.06. The van der Waals surface area contributed by atoms with Gasteiger partial charge < -0.3 is 5.32 Å². The molecule has 3 aromatic rings. The van der Waals surface area contributed by atoms with Crippen molar-refractivity contribution in [1.29, 1.82) is 0 Å². The van der Waals surface area contributed by atoms with Gasteiger partial charge in [0.2, 0.25) is 11.1 Å². The number of tetrazole rings is 1. The van der Waals surface area contributed by atoms with E-state index < -0.39 is 0 Å². The summed E-state index contributed by atoms with van der Waals surface area (Å²) in [6, 6.07) is 16.1. The summed E-state index contributed by atoms with van der Waals surface area (Å²) in [5.74, 6) is -0.118. The summed E-state index contributed by atoms with van der Waals surface area (Å²) in [6.07, 6.45) is 0.655. The second-order valence-corrected chi connectivity index (χ2v) is 6.56. The van der Waals surface area contributed by atoms with Gasteiger partial charge in [-0.3, -0.25) is 4.79 Å². The van der Waals surface area contributed by atoms with Crippen LogP contribution in [0.2, 0.25) is 0 Å². The zero-order valence-electron chi connectivity index (χ0n) is 14.0. The number of amides is 1.